The minimum atomic E-state index is -0.238. The number of amidine groups is 1. The van der Waals surface area contributed by atoms with Gasteiger partial charge in [-0.05, 0) is 66.2 Å². The molecule has 1 amide bonds. The highest BCUT2D eigenvalue weighted by atomic mass is 35.5. The molecule has 1 aliphatic rings. The minimum absolute atomic E-state index is 0.156. The van der Waals surface area contributed by atoms with Crippen LogP contribution < -0.4 is 14.4 Å². The zero-order valence-electron chi connectivity index (χ0n) is 15.0. The number of benzene rings is 2. The van der Waals surface area contributed by atoms with E-state index in [1.165, 1.54) is 4.90 Å². The van der Waals surface area contributed by atoms with Crippen molar-refractivity contribution in [2.24, 2.45) is 0 Å². The molecule has 5 nitrogen and oxygen atoms in total. The number of carbonyl (C=O) groups is 1. The van der Waals surface area contributed by atoms with E-state index in [2.05, 4.69) is 0 Å². The molecular formula is C20H19ClN2O3S. The van der Waals surface area contributed by atoms with Gasteiger partial charge in [0.15, 0.2) is 16.7 Å². The number of rotatable bonds is 6. The monoisotopic (exact) mass is 402 g/mol. The lowest BCUT2D eigenvalue weighted by molar-refractivity contribution is -0.113. The number of hydrogen-bond donors (Lipinski definition) is 1. The van der Waals surface area contributed by atoms with E-state index in [4.69, 9.17) is 26.5 Å². The third-order valence-corrected chi connectivity index (χ3v) is 5.00. The van der Waals surface area contributed by atoms with Gasteiger partial charge in [0, 0.05) is 5.02 Å². The molecule has 2 aromatic carbocycles. The van der Waals surface area contributed by atoms with Crippen molar-refractivity contribution in [1.82, 2.24) is 0 Å². The molecule has 2 aromatic rings. The van der Waals surface area contributed by atoms with Crippen LogP contribution in [0.1, 0.15) is 18.9 Å². The summed E-state index contributed by atoms with van der Waals surface area (Å²) in [5, 5.41) is 8.90. The molecular weight excluding hydrogens is 384 g/mol. The summed E-state index contributed by atoms with van der Waals surface area (Å²) in [4.78, 5) is 14.6. The number of nitrogens with zero attached hydrogens (tertiary/aromatic N) is 1. The number of ether oxygens (including phenoxy) is 2. The number of carbonyl (C=O) groups excluding carboxylic acids is 1. The molecule has 0 spiro atoms. The maximum absolute atomic E-state index is 12.8. The van der Waals surface area contributed by atoms with E-state index in [0.717, 1.165) is 23.7 Å². The van der Waals surface area contributed by atoms with Crippen LogP contribution in [0.2, 0.25) is 5.02 Å². The fourth-order valence-corrected chi connectivity index (χ4v) is 3.56. The molecule has 0 radical (unpaired) electrons. The average molecular weight is 403 g/mol. The van der Waals surface area contributed by atoms with Gasteiger partial charge in [-0.25, -0.2) is 0 Å². The lowest BCUT2D eigenvalue weighted by Gasteiger charge is -2.14. The maximum Gasteiger partial charge on any atom is 0.271 e. The van der Waals surface area contributed by atoms with Crippen molar-refractivity contribution in [1.29, 1.82) is 5.41 Å². The minimum Gasteiger partial charge on any atom is -0.493 e. The third-order valence-electron chi connectivity index (χ3n) is 3.86. The van der Waals surface area contributed by atoms with Crippen LogP contribution in [-0.2, 0) is 4.79 Å². The zero-order valence-corrected chi connectivity index (χ0v) is 16.6. The maximum atomic E-state index is 12.8. The first-order chi connectivity index (χ1) is 13.0. The second-order valence-electron chi connectivity index (χ2n) is 5.79. The van der Waals surface area contributed by atoms with Crippen LogP contribution >= 0.6 is 23.4 Å². The quantitative estimate of drug-likeness (QED) is 0.675. The van der Waals surface area contributed by atoms with E-state index in [-0.39, 0.29) is 11.1 Å². The summed E-state index contributed by atoms with van der Waals surface area (Å²) < 4.78 is 11.0. The van der Waals surface area contributed by atoms with Gasteiger partial charge in [-0.3, -0.25) is 15.1 Å². The van der Waals surface area contributed by atoms with Crippen LogP contribution in [0.4, 0.5) is 5.69 Å². The van der Waals surface area contributed by atoms with Crippen LogP contribution in [0, 0.1) is 5.41 Å². The number of nitrogens with one attached hydrogen (secondary N) is 1. The van der Waals surface area contributed by atoms with Crippen molar-refractivity contribution in [3.05, 3.63) is 58.0 Å². The molecule has 7 heteroatoms. The number of amides is 1. The first kappa shape index (κ1) is 19.3. The third kappa shape index (κ3) is 4.28. The Morgan fingerprint density at radius 2 is 1.93 bits per heavy atom. The molecule has 140 valence electrons. The first-order valence-corrected chi connectivity index (χ1v) is 9.62. The van der Waals surface area contributed by atoms with E-state index in [9.17, 15) is 4.79 Å². The van der Waals surface area contributed by atoms with Gasteiger partial charge in [-0.1, -0.05) is 24.6 Å². The average Bonchev–Trinajstić information content (AvgIpc) is 2.94. The van der Waals surface area contributed by atoms with E-state index < -0.39 is 0 Å². The van der Waals surface area contributed by atoms with Gasteiger partial charge in [-0.2, -0.15) is 0 Å². The largest absolute Gasteiger partial charge is 0.493 e. The number of halogens is 1. The Morgan fingerprint density at radius 1 is 1.19 bits per heavy atom. The molecule has 1 fully saturated rings. The van der Waals surface area contributed by atoms with Crippen molar-refractivity contribution in [2.45, 2.75) is 13.3 Å². The van der Waals surface area contributed by atoms with Crippen LogP contribution in [0.5, 0.6) is 11.5 Å². The van der Waals surface area contributed by atoms with Gasteiger partial charge in [0.25, 0.3) is 5.91 Å². The van der Waals surface area contributed by atoms with Crippen LogP contribution in [0.3, 0.4) is 0 Å². The predicted molar refractivity (Wildman–Crippen MR) is 111 cm³/mol. The van der Waals surface area contributed by atoms with Gasteiger partial charge in [0.05, 0.1) is 24.3 Å². The number of hydrogen-bond acceptors (Lipinski definition) is 5. The first-order valence-electron chi connectivity index (χ1n) is 8.42. The summed E-state index contributed by atoms with van der Waals surface area (Å²) >= 11 is 7.03. The van der Waals surface area contributed by atoms with Gasteiger partial charge in [-0.15, -0.1) is 0 Å². The molecule has 1 aliphatic heterocycles. The molecule has 1 heterocycles. The smallest absolute Gasteiger partial charge is 0.271 e. The Labute approximate surface area is 167 Å². The SMILES string of the molecule is CCCOc1ccc(/C=C2/SC(=N)N(c3ccc(Cl)cc3)C2=O)cc1OC. The fraction of sp³-hybridized carbons (Fsp3) is 0.200. The molecule has 1 N–H and O–H groups in total. The van der Waals surface area contributed by atoms with Crippen LogP contribution in [0.15, 0.2) is 47.4 Å². The lowest BCUT2D eigenvalue weighted by Crippen LogP contribution is -2.27. The van der Waals surface area contributed by atoms with Gasteiger partial charge >= 0.3 is 0 Å². The van der Waals surface area contributed by atoms with Gasteiger partial charge < -0.3 is 9.47 Å². The second-order valence-corrected chi connectivity index (χ2v) is 7.26. The van der Waals surface area contributed by atoms with Crippen molar-refractivity contribution >= 4 is 46.2 Å². The Balaban J connectivity index is 1.86. The summed E-state index contributed by atoms with van der Waals surface area (Å²) in [6.45, 7) is 2.65. The van der Waals surface area contributed by atoms with Crippen molar-refractivity contribution in [3.8, 4) is 11.5 Å². The summed E-state index contributed by atoms with van der Waals surface area (Å²) in [6.07, 6.45) is 2.66. The van der Waals surface area contributed by atoms with Crippen molar-refractivity contribution < 1.29 is 14.3 Å². The summed E-state index contributed by atoms with van der Waals surface area (Å²) in [5.41, 5.74) is 1.42. The molecule has 3 rings (SSSR count). The molecule has 1 saturated heterocycles. The number of anilines is 1. The summed E-state index contributed by atoms with van der Waals surface area (Å²) in [6, 6.07) is 12.4. The summed E-state index contributed by atoms with van der Waals surface area (Å²) in [7, 11) is 1.58. The standard InChI is InChI=1S/C20H19ClN2O3S/c1-3-10-26-16-9-4-13(11-17(16)25-2)12-18-19(24)23(20(22)27-18)15-7-5-14(21)6-8-15/h4-9,11-12,22H,3,10H2,1-2H3/b18-12+,22-20?. The zero-order chi connectivity index (χ0) is 19.4. The van der Waals surface area contributed by atoms with Crippen LogP contribution in [-0.4, -0.2) is 24.8 Å². The topological polar surface area (TPSA) is 62.6 Å². The molecule has 0 atom stereocenters. The highest BCUT2D eigenvalue weighted by Gasteiger charge is 2.33. The number of thioether (sulfide) groups is 1. The van der Waals surface area contributed by atoms with E-state index in [0.29, 0.717) is 33.7 Å². The predicted octanol–water partition coefficient (Wildman–Crippen LogP) is 5.19. The van der Waals surface area contributed by atoms with E-state index in [1.54, 1.807) is 37.5 Å². The van der Waals surface area contributed by atoms with Crippen LogP contribution in [0.25, 0.3) is 6.08 Å². The van der Waals surface area contributed by atoms with E-state index in [1.807, 2.05) is 25.1 Å². The Morgan fingerprint density at radius 3 is 2.59 bits per heavy atom. The number of methoxy groups -OCH3 is 1. The van der Waals surface area contributed by atoms with E-state index >= 15 is 0 Å². The van der Waals surface area contributed by atoms with Crippen molar-refractivity contribution in [2.75, 3.05) is 18.6 Å². The molecule has 27 heavy (non-hydrogen) atoms. The summed E-state index contributed by atoms with van der Waals surface area (Å²) in [5.74, 6) is 1.04. The Bertz CT molecular complexity index is 897. The van der Waals surface area contributed by atoms with Gasteiger partial charge in [0.2, 0.25) is 0 Å². The second kappa shape index (κ2) is 8.50. The Hall–Kier alpha value is -2.44. The molecule has 0 aromatic heterocycles. The highest BCUT2D eigenvalue weighted by Crippen LogP contribution is 2.36. The molecule has 0 saturated carbocycles. The molecule has 0 unspecified atom stereocenters. The lowest BCUT2D eigenvalue weighted by atomic mass is 10.2. The van der Waals surface area contributed by atoms with Gasteiger partial charge in [0.1, 0.15) is 0 Å². The highest BCUT2D eigenvalue weighted by molar-refractivity contribution is 8.19. The molecule has 0 bridgehead atoms. The Kier molecular flexibility index (Phi) is 6.08. The fourth-order valence-electron chi connectivity index (χ4n) is 2.57. The normalized spacial score (nSPS) is 15.5. The molecule has 0 aliphatic carbocycles. The van der Waals surface area contributed by atoms with Crippen molar-refractivity contribution in [3.63, 3.8) is 0 Å².